The van der Waals surface area contributed by atoms with Gasteiger partial charge in [-0.05, 0) is 37.3 Å². The number of fused-ring (bicyclic) bond motifs is 2. The number of aromatic nitrogens is 1. The van der Waals surface area contributed by atoms with Gasteiger partial charge in [-0.2, -0.15) is 0 Å². The van der Waals surface area contributed by atoms with E-state index in [0.29, 0.717) is 0 Å². The number of nitrogens with zero attached hydrogens (tertiary/aromatic N) is 2. The molecule has 0 spiro atoms. The molecule has 2 aliphatic heterocycles. The molecule has 1 aromatic rings. The summed E-state index contributed by atoms with van der Waals surface area (Å²) in [7, 11) is 1.84. The van der Waals surface area contributed by atoms with Crippen LogP contribution in [0.5, 0.6) is 0 Å². The first kappa shape index (κ1) is 14.9. The van der Waals surface area contributed by atoms with Crippen LogP contribution in [0.1, 0.15) is 37.7 Å². The third-order valence-electron chi connectivity index (χ3n) is 5.02. The number of methoxy groups -OCH3 is 1. The summed E-state index contributed by atoms with van der Waals surface area (Å²) < 4.78 is 5.70. The van der Waals surface area contributed by atoms with Gasteiger partial charge in [-0.15, -0.1) is 0 Å². The number of piperidine rings is 1. The van der Waals surface area contributed by atoms with E-state index in [1.54, 1.807) is 0 Å². The van der Waals surface area contributed by atoms with E-state index in [2.05, 4.69) is 21.3 Å². The molecule has 0 amide bonds. The van der Waals surface area contributed by atoms with Crippen LogP contribution in [0.2, 0.25) is 0 Å². The average Bonchev–Trinajstić information content (AvgIpc) is 2.75. The van der Waals surface area contributed by atoms with Crippen molar-refractivity contribution in [2.75, 3.05) is 20.2 Å². The van der Waals surface area contributed by atoms with Crippen LogP contribution in [-0.2, 0) is 11.3 Å². The molecule has 3 heterocycles. The predicted octanol–water partition coefficient (Wildman–Crippen LogP) is 2.20. The third-order valence-corrected chi connectivity index (χ3v) is 5.02. The van der Waals surface area contributed by atoms with Crippen LogP contribution in [0.25, 0.3) is 0 Å². The quantitative estimate of drug-likeness (QED) is 0.835. The minimum atomic E-state index is 0.280. The molecular formula is C17H27N3O. The van der Waals surface area contributed by atoms with Gasteiger partial charge in [0.15, 0.2) is 0 Å². The van der Waals surface area contributed by atoms with Gasteiger partial charge in [0.05, 0.1) is 6.10 Å². The van der Waals surface area contributed by atoms with E-state index in [1.165, 1.54) is 37.7 Å². The van der Waals surface area contributed by atoms with E-state index in [-0.39, 0.29) is 6.10 Å². The molecule has 4 nitrogen and oxygen atoms in total. The normalized spacial score (nSPS) is 26.9. The van der Waals surface area contributed by atoms with Crippen LogP contribution in [0, 0.1) is 0 Å². The Kier molecular flexibility index (Phi) is 5.22. The highest BCUT2D eigenvalue weighted by atomic mass is 16.5. The first-order valence-electron chi connectivity index (χ1n) is 8.25. The Morgan fingerprint density at radius 2 is 2.14 bits per heavy atom. The number of ether oxygens (including phenoxy) is 1. The predicted molar refractivity (Wildman–Crippen MR) is 84.1 cm³/mol. The molecular weight excluding hydrogens is 262 g/mol. The summed E-state index contributed by atoms with van der Waals surface area (Å²) in [5.74, 6) is 0. The summed E-state index contributed by atoms with van der Waals surface area (Å²) in [5.41, 5.74) is 1.23. The molecule has 2 bridgehead atoms. The van der Waals surface area contributed by atoms with Gasteiger partial charge in [0, 0.05) is 51.2 Å². The summed E-state index contributed by atoms with van der Waals surface area (Å²) in [6, 6.07) is 5.72. The van der Waals surface area contributed by atoms with Crippen molar-refractivity contribution in [3.63, 3.8) is 0 Å². The lowest BCUT2D eigenvalue weighted by Gasteiger charge is -2.36. The minimum absolute atomic E-state index is 0.280. The Morgan fingerprint density at radius 3 is 2.81 bits per heavy atom. The topological polar surface area (TPSA) is 37.4 Å². The van der Waals surface area contributed by atoms with Crippen LogP contribution in [0.4, 0.5) is 0 Å². The molecule has 0 radical (unpaired) electrons. The van der Waals surface area contributed by atoms with Gasteiger partial charge in [0.25, 0.3) is 0 Å². The maximum Gasteiger partial charge on any atom is 0.0822 e. The SMILES string of the molecule is COC(CNCc1cccnc1)CN1C2CCCC1CC2. The largest absolute Gasteiger partial charge is 0.379 e. The maximum absolute atomic E-state index is 5.70. The summed E-state index contributed by atoms with van der Waals surface area (Å²) in [6.45, 7) is 2.84. The lowest BCUT2D eigenvalue weighted by Crippen LogP contribution is -2.46. The zero-order valence-corrected chi connectivity index (χ0v) is 13.0. The molecule has 2 saturated heterocycles. The second kappa shape index (κ2) is 7.34. The molecule has 1 N–H and O–H groups in total. The Morgan fingerprint density at radius 1 is 1.33 bits per heavy atom. The van der Waals surface area contributed by atoms with E-state index in [1.807, 2.05) is 25.6 Å². The van der Waals surface area contributed by atoms with Crippen molar-refractivity contribution in [2.24, 2.45) is 0 Å². The summed E-state index contributed by atoms with van der Waals surface area (Å²) in [4.78, 5) is 6.86. The van der Waals surface area contributed by atoms with Crippen molar-refractivity contribution in [1.82, 2.24) is 15.2 Å². The van der Waals surface area contributed by atoms with E-state index in [9.17, 15) is 0 Å². The molecule has 4 heteroatoms. The lowest BCUT2D eigenvalue weighted by atomic mass is 10.0. The van der Waals surface area contributed by atoms with Crippen LogP contribution in [-0.4, -0.2) is 48.3 Å². The van der Waals surface area contributed by atoms with E-state index >= 15 is 0 Å². The molecule has 21 heavy (non-hydrogen) atoms. The van der Waals surface area contributed by atoms with Gasteiger partial charge < -0.3 is 10.1 Å². The van der Waals surface area contributed by atoms with E-state index in [0.717, 1.165) is 31.7 Å². The highest BCUT2D eigenvalue weighted by molar-refractivity contribution is 5.07. The number of rotatable bonds is 7. The van der Waals surface area contributed by atoms with Crippen LogP contribution < -0.4 is 5.32 Å². The van der Waals surface area contributed by atoms with Gasteiger partial charge in [-0.1, -0.05) is 12.5 Å². The van der Waals surface area contributed by atoms with Crippen LogP contribution in [0.3, 0.4) is 0 Å². The zero-order valence-electron chi connectivity index (χ0n) is 13.0. The second-order valence-electron chi connectivity index (χ2n) is 6.36. The van der Waals surface area contributed by atoms with Crippen LogP contribution >= 0.6 is 0 Å². The minimum Gasteiger partial charge on any atom is -0.379 e. The molecule has 0 aromatic carbocycles. The van der Waals surface area contributed by atoms with Crippen molar-refractivity contribution >= 4 is 0 Å². The highest BCUT2D eigenvalue weighted by Crippen LogP contribution is 2.35. The smallest absolute Gasteiger partial charge is 0.0822 e. The molecule has 3 atom stereocenters. The van der Waals surface area contributed by atoms with Crippen LogP contribution in [0.15, 0.2) is 24.5 Å². The van der Waals surface area contributed by atoms with Gasteiger partial charge in [0.2, 0.25) is 0 Å². The van der Waals surface area contributed by atoms with Crippen molar-refractivity contribution in [3.8, 4) is 0 Å². The molecule has 0 saturated carbocycles. The molecule has 1 aromatic heterocycles. The molecule has 2 fully saturated rings. The fourth-order valence-electron chi connectivity index (χ4n) is 3.86. The first-order valence-corrected chi connectivity index (χ1v) is 8.25. The number of pyridine rings is 1. The molecule has 3 rings (SSSR count). The third kappa shape index (κ3) is 3.82. The summed E-state index contributed by atoms with van der Waals surface area (Å²) >= 11 is 0. The highest BCUT2D eigenvalue weighted by Gasteiger charge is 2.37. The maximum atomic E-state index is 5.70. The molecule has 3 unspecified atom stereocenters. The van der Waals surface area contributed by atoms with Crippen molar-refractivity contribution in [1.29, 1.82) is 0 Å². The molecule has 2 aliphatic rings. The van der Waals surface area contributed by atoms with Gasteiger partial charge in [0.1, 0.15) is 0 Å². The Balaban J connectivity index is 1.45. The van der Waals surface area contributed by atoms with E-state index < -0.39 is 0 Å². The van der Waals surface area contributed by atoms with Crippen molar-refractivity contribution < 1.29 is 4.74 Å². The van der Waals surface area contributed by atoms with Gasteiger partial charge in [-0.3, -0.25) is 9.88 Å². The zero-order chi connectivity index (χ0) is 14.5. The van der Waals surface area contributed by atoms with Crippen molar-refractivity contribution in [2.45, 2.75) is 56.8 Å². The Labute approximate surface area is 127 Å². The number of nitrogens with one attached hydrogen (secondary N) is 1. The molecule has 0 aliphatic carbocycles. The van der Waals surface area contributed by atoms with Gasteiger partial charge in [-0.25, -0.2) is 0 Å². The lowest BCUT2D eigenvalue weighted by molar-refractivity contribution is 0.0326. The van der Waals surface area contributed by atoms with Crippen molar-refractivity contribution in [3.05, 3.63) is 30.1 Å². The fourth-order valence-corrected chi connectivity index (χ4v) is 3.86. The second-order valence-corrected chi connectivity index (χ2v) is 6.36. The fraction of sp³-hybridized carbons (Fsp3) is 0.706. The van der Waals surface area contributed by atoms with Gasteiger partial charge >= 0.3 is 0 Å². The monoisotopic (exact) mass is 289 g/mol. The molecule has 116 valence electrons. The first-order chi connectivity index (χ1) is 10.4. The number of hydrogen-bond acceptors (Lipinski definition) is 4. The summed E-state index contributed by atoms with van der Waals surface area (Å²) in [5, 5.41) is 3.50. The van der Waals surface area contributed by atoms with E-state index in [4.69, 9.17) is 4.74 Å². The summed E-state index contributed by atoms with van der Waals surface area (Å²) in [6.07, 6.45) is 11.0. The Hall–Kier alpha value is -0.970. The average molecular weight is 289 g/mol. The standard InChI is InChI=1S/C17H27N3O/c1-21-17(12-19-11-14-4-3-9-18-10-14)13-20-15-5-2-6-16(20)8-7-15/h3-4,9-10,15-17,19H,2,5-8,11-13H2,1H3. The number of hydrogen-bond donors (Lipinski definition) is 1. The Bertz CT molecular complexity index is 409.